The van der Waals surface area contributed by atoms with E-state index in [1.807, 2.05) is 14.0 Å². The van der Waals surface area contributed by atoms with E-state index in [0.29, 0.717) is 28.3 Å². The van der Waals surface area contributed by atoms with Crippen LogP contribution in [0.15, 0.2) is 21.5 Å². The summed E-state index contributed by atoms with van der Waals surface area (Å²) in [6.45, 7) is 4.19. The third-order valence-corrected chi connectivity index (χ3v) is 6.22. The van der Waals surface area contributed by atoms with Gasteiger partial charge < -0.3 is 5.73 Å². The number of rotatable bonds is 6. The molecule has 1 atom stereocenters. The third kappa shape index (κ3) is 3.97. The van der Waals surface area contributed by atoms with Crippen LogP contribution in [0, 0.1) is 6.92 Å². The number of nitrogens with one attached hydrogen (secondary N) is 1. The molecule has 0 radical (unpaired) electrons. The van der Waals surface area contributed by atoms with Crippen molar-refractivity contribution in [2.75, 3.05) is 19.3 Å². The number of hydrogen-bond donors (Lipinski definition) is 2. The van der Waals surface area contributed by atoms with Crippen molar-refractivity contribution in [2.24, 2.45) is 0 Å². The van der Waals surface area contributed by atoms with Gasteiger partial charge >= 0.3 is 0 Å². The number of aryl methyl sites for hydroxylation is 1. The zero-order valence-corrected chi connectivity index (χ0v) is 15.0. The summed E-state index contributed by atoms with van der Waals surface area (Å²) in [4.78, 5) is 2.47. The molecule has 3 N–H and O–H groups in total. The molecular weight excluding hydrogens is 354 g/mol. The van der Waals surface area contributed by atoms with Crippen LogP contribution in [-0.2, 0) is 10.0 Å². The van der Waals surface area contributed by atoms with E-state index in [1.54, 1.807) is 13.0 Å². The Bertz CT molecular complexity index is 629. The van der Waals surface area contributed by atoms with Crippen molar-refractivity contribution in [3.63, 3.8) is 0 Å². The van der Waals surface area contributed by atoms with E-state index in [1.165, 1.54) is 18.9 Å². The molecule has 21 heavy (non-hydrogen) atoms. The van der Waals surface area contributed by atoms with E-state index >= 15 is 0 Å². The van der Waals surface area contributed by atoms with Crippen molar-refractivity contribution in [3.05, 3.63) is 22.2 Å². The van der Waals surface area contributed by atoms with Gasteiger partial charge in [0.2, 0.25) is 10.0 Å². The molecule has 0 aliphatic heterocycles. The summed E-state index contributed by atoms with van der Waals surface area (Å²) in [7, 11) is -1.50. The Labute approximate surface area is 135 Å². The van der Waals surface area contributed by atoms with Crippen LogP contribution in [0.3, 0.4) is 0 Å². The molecule has 7 heteroatoms. The largest absolute Gasteiger partial charge is 0.398 e. The predicted molar refractivity (Wildman–Crippen MR) is 88.7 cm³/mol. The fraction of sp³-hybridized carbons (Fsp3) is 0.571. The number of likely N-dealkylation sites (N-methyl/N-ethyl adjacent to an activating group) is 1. The van der Waals surface area contributed by atoms with E-state index in [4.69, 9.17) is 5.73 Å². The zero-order valence-electron chi connectivity index (χ0n) is 12.6. The maximum absolute atomic E-state index is 12.4. The summed E-state index contributed by atoms with van der Waals surface area (Å²) in [5.74, 6) is 0. The van der Waals surface area contributed by atoms with Crippen LogP contribution >= 0.6 is 15.9 Å². The second kappa shape index (κ2) is 6.24. The molecule has 118 valence electrons. The molecule has 5 nitrogen and oxygen atoms in total. The lowest BCUT2D eigenvalue weighted by Gasteiger charge is -2.24. The maximum Gasteiger partial charge on any atom is 0.240 e. The molecule has 1 saturated carbocycles. The molecule has 1 aliphatic rings. The molecular formula is C14H22BrN3O2S. The number of benzene rings is 1. The normalized spacial score (nSPS) is 17.2. The average molecular weight is 376 g/mol. The van der Waals surface area contributed by atoms with E-state index in [9.17, 15) is 8.42 Å². The SMILES string of the molecule is Cc1cc(Br)c(N)cc1S(=O)(=O)NCC(C)N(C)C1CC1. The van der Waals surface area contributed by atoms with Gasteiger partial charge in [0.25, 0.3) is 0 Å². The Morgan fingerprint density at radius 3 is 2.67 bits per heavy atom. The summed E-state index contributed by atoms with van der Waals surface area (Å²) < 4.78 is 28.3. The average Bonchev–Trinajstić information content (AvgIpc) is 3.23. The molecule has 1 aromatic carbocycles. The zero-order chi connectivity index (χ0) is 15.8. The second-order valence-corrected chi connectivity index (χ2v) is 8.33. The summed E-state index contributed by atoms with van der Waals surface area (Å²) >= 11 is 3.30. The lowest BCUT2D eigenvalue weighted by molar-refractivity contribution is 0.248. The fourth-order valence-electron chi connectivity index (χ4n) is 2.25. The molecule has 1 fully saturated rings. The monoisotopic (exact) mass is 375 g/mol. The minimum Gasteiger partial charge on any atom is -0.398 e. The van der Waals surface area contributed by atoms with Crippen molar-refractivity contribution in [1.29, 1.82) is 0 Å². The van der Waals surface area contributed by atoms with Crippen LogP contribution in [0.1, 0.15) is 25.3 Å². The van der Waals surface area contributed by atoms with Gasteiger partial charge in [-0.2, -0.15) is 0 Å². The summed E-state index contributed by atoms with van der Waals surface area (Å²) in [6, 6.07) is 4.00. The summed E-state index contributed by atoms with van der Waals surface area (Å²) in [6.07, 6.45) is 2.41. The predicted octanol–water partition coefficient (Wildman–Crippen LogP) is 2.10. The number of nitrogens with two attached hydrogens (primary N) is 1. The Balaban J connectivity index is 2.09. The van der Waals surface area contributed by atoms with Crippen LogP contribution in [0.4, 0.5) is 5.69 Å². The first-order chi connectivity index (χ1) is 9.72. The maximum atomic E-state index is 12.4. The molecule has 0 aromatic heterocycles. The number of halogens is 1. The van der Waals surface area contributed by atoms with Crippen molar-refractivity contribution >= 4 is 31.6 Å². The highest BCUT2D eigenvalue weighted by Gasteiger charge is 2.29. The van der Waals surface area contributed by atoms with E-state index in [0.717, 1.165) is 0 Å². The van der Waals surface area contributed by atoms with Gasteiger partial charge in [0.05, 0.1) is 4.90 Å². The Morgan fingerprint density at radius 2 is 2.10 bits per heavy atom. The van der Waals surface area contributed by atoms with Crippen molar-refractivity contribution in [2.45, 2.75) is 43.7 Å². The van der Waals surface area contributed by atoms with E-state index in [-0.39, 0.29) is 10.9 Å². The molecule has 0 saturated heterocycles. The van der Waals surface area contributed by atoms with Gasteiger partial charge in [0.15, 0.2) is 0 Å². The van der Waals surface area contributed by atoms with Gasteiger partial charge in [-0.1, -0.05) is 0 Å². The van der Waals surface area contributed by atoms with Crippen molar-refractivity contribution in [1.82, 2.24) is 9.62 Å². The second-order valence-electron chi connectivity index (χ2n) is 5.74. The Morgan fingerprint density at radius 1 is 1.48 bits per heavy atom. The van der Waals surface area contributed by atoms with Crippen LogP contribution < -0.4 is 10.5 Å². The lowest BCUT2D eigenvalue weighted by Crippen LogP contribution is -2.41. The van der Waals surface area contributed by atoms with Crippen molar-refractivity contribution in [3.8, 4) is 0 Å². The first-order valence-corrected chi connectivity index (χ1v) is 9.27. The number of anilines is 1. The fourth-order valence-corrected chi connectivity index (χ4v) is 4.09. The molecule has 0 spiro atoms. The number of nitrogens with zero attached hydrogens (tertiary/aromatic N) is 1. The molecule has 1 aromatic rings. The van der Waals surface area contributed by atoms with Crippen LogP contribution in [0.25, 0.3) is 0 Å². The molecule has 0 amide bonds. The number of hydrogen-bond acceptors (Lipinski definition) is 4. The standard InChI is InChI=1S/C14H22BrN3O2S/c1-9-6-12(15)13(16)7-14(9)21(19,20)17-8-10(2)18(3)11-4-5-11/h6-7,10-11,17H,4-5,8,16H2,1-3H3. The first kappa shape index (κ1) is 16.7. The third-order valence-electron chi connectivity index (χ3n) is 3.97. The highest BCUT2D eigenvalue weighted by atomic mass is 79.9. The van der Waals surface area contributed by atoms with Gasteiger partial charge in [0.1, 0.15) is 0 Å². The minimum atomic E-state index is -3.54. The Hall–Kier alpha value is -0.630. The Kier molecular flexibility index (Phi) is 4.97. The van der Waals surface area contributed by atoms with E-state index in [2.05, 4.69) is 25.6 Å². The highest BCUT2D eigenvalue weighted by Crippen LogP contribution is 2.28. The molecule has 0 bridgehead atoms. The quantitative estimate of drug-likeness (QED) is 0.746. The molecule has 1 aliphatic carbocycles. The van der Waals surface area contributed by atoms with Gasteiger partial charge in [-0.3, -0.25) is 4.90 Å². The van der Waals surface area contributed by atoms with Crippen LogP contribution in [0.2, 0.25) is 0 Å². The first-order valence-electron chi connectivity index (χ1n) is 6.99. The van der Waals surface area contributed by atoms with E-state index < -0.39 is 10.0 Å². The van der Waals surface area contributed by atoms with Gasteiger partial charge in [-0.15, -0.1) is 0 Å². The van der Waals surface area contributed by atoms with Crippen LogP contribution in [-0.4, -0.2) is 39.0 Å². The minimum absolute atomic E-state index is 0.167. The molecule has 0 heterocycles. The summed E-state index contributed by atoms with van der Waals surface area (Å²) in [5.41, 5.74) is 6.88. The van der Waals surface area contributed by atoms with Gasteiger partial charge in [-0.25, -0.2) is 13.1 Å². The van der Waals surface area contributed by atoms with Crippen LogP contribution in [0.5, 0.6) is 0 Å². The highest BCUT2D eigenvalue weighted by molar-refractivity contribution is 9.10. The number of sulfonamides is 1. The van der Waals surface area contributed by atoms with Gasteiger partial charge in [-0.05, 0) is 67.4 Å². The molecule has 2 rings (SSSR count). The summed E-state index contributed by atoms with van der Waals surface area (Å²) in [5, 5.41) is 0. The molecule has 1 unspecified atom stereocenters. The van der Waals surface area contributed by atoms with Crippen molar-refractivity contribution < 1.29 is 8.42 Å². The topological polar surface area (TPSA) is 75.4 Å². The van der Waals surface area contributed by atoms with Gasteiger partial charge in [0, 0.05) is 28.8 Å². The lowest BCUT2D eigenvalue weighted by atomic mass is 10.2. The smallest absolute Gasteiger partial charge is 0.240 e. The number of nitrogen functional groups attached to an aromatic ring is 1.